The van der Waals surface area contributed by atoms with Gasteiger partial charge in [0.2, 0.25) is 11.8 Å². The van der Waals surface area contributed by atoms with Crippen LogP contribution in [-0.2, 0) is 25.5 Å². The fourth-order valence-corrected chi connectivity index (χ4v) is 2.73. The smallest absolute Gasteiger partial charge is 0.325 e. The number of nitrogens with one attached hydrogen (secondary N) is 3. The van der Waals surface area contributed by atoms with Gasteiger partial charge in [0.15, 0.2) is 0 Å². The molecule has 2 rings (SSSR count). The zero-order valence-electron chi connectivity index (χ0n) is 16.2. The van der Waals surface area contributed by atoms with E-state index in [4.69, 9.17) is 4.74 Å². The second-order valence-electron chi connectivity index (χ2n) is 7.10. The number of rotatable bonds is 10. The lowest BCUT2D eigenvalue weighted by molar-refractivity contribution is -0.143. The summed E-state index contributed by atoms with van der Waals surface area (Å²) in [6.07, 6.45) is 1.25. The van der Waals surface area contributed by atoms with Crippen LogP contribution in [0.4, 0.5) is 0 Å². The Kier molecular flexibility index (Phi) is 7.79. The molecule has 0 spiro atoms. The molecule has 1 fully saturated rings. The van der Waals surface area contributed by atoms with E-state index in [1.54, 1.807) is 6.92 Å². The Morgan fingerprint density at radius 3 is 2.48 bits per heavy atom. The van der Waals surface area contributed by atoms with E-state index in [0.29, 0.717) is 18.9 Å². The molecule has 7 nitrogen and oxygen atoms in total. The molecule has 0 bridgehead atoms. The topological polar surface area (TPSA) is 106 Å². The summed E-state index contributed by atoms with van der Waals surface area (Å²) in [6, 6.07) is 7.54. The van der Waals surface area contributed by atoms with Crippen LogP contribution >= 0.6 is 0 Å². The highest BCUT2D eigenvalue weighted by molar-refractivity contribution is 5.97. The number of ether oxygens (including phenoxy) is 1. The van der Waals surface area contributed by atoms with Crippen molar-refractivity contribution in [2.24, 2.45) is 5.92 Å². The van der Waals surface area contributed by atoms with Gasteiger partial charge in [-0.1, -0.05) is 44.2 Å². The van der Waals surface area contributed by atoms with Gasteiger partial charge in [-0.05, 0) is 24.8 Å². The molecule has 1 aromatic carbocycles. The van der Waals surface area contributed by atoms with E-state index in [-0.39, 0.29) is 18.4 Å². The zero-order valence-corrected chi connectivity index (χ0v) is 16.2. The first kappa shape index (κ1) is 20.9. The van der Waals surface area contributed by atoms with E-state index in [2.05, 4.69) is 29.8 Å². The fraction of sp³-hybridized carbons (Fsp3) is 0.550. The standard InChI is InChI=1S/C20H29N3O4/c1-4-27-20(26)17-16(23-17)19(25)22-15(12-14-8-6-5-7-9-14)18(24)21-11-10-13(2)3/h5-9,13,15-17,23H,4,10-12H2,1-3H3,(H,21,24)(H,22,25)/t15-,16-,17-/m0/s1. The van der Waals surface area contributed by atoms with Gasteiger partial charge >= 0.3 is 5.97 Å². The Morgan fingerprint density at radius 2 is 1.85 bits per heavy atom. The molecule has 1 aliphatic heterocycles. The summed E-state index contributed by atoms with van der Waals surface area (Å²) in [4.78, 5) is 36.7. The Labute approximate surface area is 160 Å². The van der Waals surface area contributed by atoms with E-state index in [9.17, 15) is 14.4 Å². The molecule has 0 saturated carbocycles. The highest BCUT2D eigenvalue weighted by atomic mass is 16.5. The van der Waals surface area contributed by atoms with E-state index >= 15 is 0 Å². The maximum atomic E-state index is 12.6. The minimum Gasteiger partial charge on any atom is -0.465 e. The normalized spacial score (nSPS) is 19.3. The van der Waals surface area contributed by atoms with E-state index in [0.717, 1.165) is 12.0 Å². The van der Waals surface area contributed by atoms with Crippen LogP contribution < -0.4 is 16.0 Å². The first-order valence-corrected chi connectivity index (χ1v) is 9.47. The molecule has 0 aliphatic carbocycles. The lowest BCUT2D eigenvalue weighted by Gasteiger charge is -2.19. The molecule has 2 amide bonds. The van der Waals surface area contributed by atoms with Crippen molar-refractivity contribution in [1.29, 1.82) is 0 Å². The number of benzene rings is 1. The molecule has 3 N–H and O–H groups in total. The summed E-state index contributed by atoms with van der Waals surface area (Å²) >= 11 is 0. The van der Waals surface area contributed by atoms with Crippen LogP contribution in [0, 0.1) is 5.92 Å². The van der Waals surface area contributed by atoms with Gasteiger partial charge in [-0.15, -0.1) is 0 Å². The largest absolute Gasteiger partial charge is 0.465 e. The van der Waals surface area contributed by atoms with Crippen molar-refractivity contribution in [3.63, 3.8) is 0 Å². The van der Waals surface area contributed by atoms with E-state index in [1.165, 1.54) is 0 Å². The summed E-state index contributed by atoms with van der Waals surface area (Å²) in [6.45, 7) is 6.71. The predicted molar refractivity (Wildman–Crippen MR) is 102 cm³/mol. The second-order valence-corrected chi connectivity index (χ2v) is 7.10. The zero-order chi connectivity index (χ0) is 19.8. The Bertz CT molecular complexity index is 648. The Balaban J connectivity index is 1.96. The average Bonchev–Trinajstić information content (AvgIpc) is 3.43. The van der Waals surface area contributed by atoms with Crippen LogP contribution in [0.1, 0.15) is 32.8 Å². The number of carbonyl (C=O) groups is 3. The van der Waals surface area contributed by atoms with Gasteiger partial charge in [-0.3, -0.25) is 19.7 Å². The molecule has 1 heterocycles. The van der Waals surface area contributed by atoms with Crippen LogP contribution in [0.5, 0.6) is 0 Å². The third-order valence-electron chi connectivity index (χ3n) is 4.34. The maximum Gasteiger partial charge on any atom is 0.325 e. The van der Waals surface area contributed by atoms with Gasteiger partial charge in [-0.2, -0.15) is 0 Å². The van der Waals surface area contributed by atoms with Crippen LogP contribution in [0.15, 0.2) is 30.3 Å². The highest BCUT2D eigenvalue weighted by Crippen LogP contribution is 2.14. The van der Waals surface area contributed by atoms with Gasteiger partial charge < -0.3 is 15.4 Å². The van der Waals surface area contributed by atoms with E-state index < -0.39 is 24.1 Å². The summed E-state index contributed by atoms with van der Waals surface area (Å²) in [5, 5.41) is 8.46. The summed E-state index contributed by atoms with van der Waals surface area (Å²) < 4.78 is 4.91. The highest BCUT2D eigenvalue weighted by Gasteiger charge is 2.49. The van der Waals surface area contributed by atoms with Crippen LogP contribution in [0.3, 0.4) is 0 Å². The van der Waals surface area contributed by atoms with Crippen LogP contribution in [0.25, 0.3) is 0 Å². The molecular formula is C20H29N3O4. The summed E-state index contributed by atoms with van der Waals surface area (Å²) in [7, 11) is 0. The molecule has 27 heavy (non-hydrogen) atoms. The first-order chi connectivity index (χ1) is 12.9. The molecule has 1 aliphatic rings. The fourth-order valence-electron chi connectivity index (χ4n) is 2.73. The van der Waals surface area contributed by atoms with E-state index in [1.807, 2.05) is 30.3 Å². The molecule has 0 aromatic heterocycles. The van der Waals surface area contributed by atoms with Gasteiger partial charge in [0.1, 0.15) is 18.1 Å². The monoisotopic (exact) mass is 375 g/mol. The van der Waals surface area contributed by atoms with Crippen molar-refractivity contribution < 1.29 is 19.1 Å². The third-order valence-corrected chi connectivity index (χ3v) is 4.34. The SMILES string of the molecule is CCOC(=O)[C@H]1N[C@@H]1C(=O)N[C@@H](Cc1ccccc1)C(=O)NCCC(C)C. The minimum atomic E-state index is -0.697. The summed E-state index contributed by atoms with van der Waals surface area (Å²) in [5.74, 6) is -0.554. The van der Waals surface area contributed by atoms with Gasteiger partial charge in [-0.25, -0.2) is 0 Å². The van der Waals surface area contributed by atoms with Crippen molar-refractivity contribution in [2.75, 3.05) is 13.2 Å². The minimum absolute atomic E-state index is 0.221. The second kappa shape index (κ2) is 10.1. The van der Waals surface area contributed by atoms with Crippen molar-refractivity contribution in [1.82, 2.24) is 16.0 Å². The van der Waals surface area contributed by atoms with Crippen LogP contribution in [0.2, 0.25) is 0 Å². The number of hydrogen-bond acceptors (Lipinski definition) is 5. The molecular weight excluding hydrogens is 346 g/mol. The van der Waals surface area contributed by atoms with Crippen molar-refractivity contribution in [2.45, 2.75) is 51.7 Å². The average molecular weight is 375 g/mol. The number of amides is 2. The van der Waals surface area contributed by atoms with Crippen molar-refractivity contribution in [3.05, 3.63) is 35.9 Å². The molecule has 1 saturated heterocycles. The van der Waals surface area contributed by atoms with Crippen LogP contribution in [-0.4, -0.2) is 49.1 Å². The molecule has 0 unspecified atom stereocenters. The van der Waals surface area contributed by atoms with Gasteiger partial charge in [0.25, 0.3) is 0 Å². The quantitative estimate of drug-likeness (QED) is 0.414. The molecule has 148 valence electrons. The van der Waals surface area contributed by atoms with Crippen molar-refractivity contribution >= 4 is 17.8 Å². The number of carbonyl (C=O) groups excluding carboxylic acids is 3. The lowest BCUT2D eigenvalue weighted by atomic mass is 10.0. The number of hydrogen-bond donors (Lipinski definition) is 3. The lowest BCUT2D eigenvalue weighted by Crippen LogP contribution is -2.50. The summed E-state index contributed by atoms with van der Waals surface area (Å²) in [5.41, 5.74) is 0.951. The third kappa shape index (κ3) is 6.67. The number of esters is 1. The predicted octanol–water partition coefficient (Wildman–Crippen LogP) is 0.780. The molecule has 3 atom stereocenters. The Morgan fingerprint density at radius 1 is 1.15 bits per heavy atom. The maximum absolute atomic E-state index is 12.6. The van der Waals surface area contributed by atoms with Gasteiger partial charge in [0, 0.05) is 13.0 Å². The molecule has 1 aromatic rings. The van der Waals surface area contributed by atoms with Crippen molar-refractivity contribution in [3.8, 4) is 0 Å². The molecule has 7 heteroatoms. The Hall–Kier alpha value is -2.41. The first-order valence-electron chi connectivity index (χ1n) is 9.47. The molecule has 0 radical (unpaired) electrons. The van der Waals surface area contributed by atoms with Gasteiger partial charge in [0.05, 0.1) is 6.61 Å².